The fourth-order valence-corrected chi connectivity index (χ4v) is 5.16. The van der Waals surface area contributed by atoms with Crippen molar-refractivity contribution < 1.29 is 14.7 Å². The molecule has 0 saturated carbocycles. The average molecular weight is 403 g/mol. The van der Waals surface area contributed by atoms with Crippen LogP contribution in [0.5, 0.6) is 0 Å². The van der Waals surface area contributed by atoms with E-state index < -0.39 is 23.7 Å². The molecule has 0 aliphatic heterocycles. The maximum atomic E-state index is 13.3. The van der Waals surface area contributed by atoms with Crippen molar-refractivity contribution in [1.29, 1.82) is 0 Å². The molecule has 1 amide bonds. The molecule has 2 atom stereocenters. The fraction of sp³-hybridized carbons (Fsp3) is 0.167. The number of fused-ring (bicyclic) bond motifs is 1. The molecule has 3 aromatic carbocycles. The first kappa shape index (κ1) is 18.0. The van der Waals surface area contributed by atoms with Crippen molar-refractivity contribution in [2.24, 2.45) is 11.8 Å². The van der Waals surface area contributed by atoms with Gasteiger partial charge in [-0.2, -0.15) is 0 Å². The van der Waals surface area contributed by atoms with Gasteiger partial charge in [-0.15, -0.1) is 0 Å². The van der Waals surface area contributed by atoms with Gasteiger partial charge < -0.3 is 15.2 Å². The van der Waals surface area contributed by atoms with Crippen molar-refractivity contribution in [2.45, 2.75) is 11.8 Å². The molecule has 6 rings (SSSR count). The highest BCUT2D eigenvalue weighted by atomic mass is 35.5. The van der Waals surface area contributed by atoms with Crippen LogP contribution in [-0.4, -0.2) is 11.9 Å². The second-order valence-electron chi connectivity index (χ2n) is 7.58. The minimum Gasteiger partial charge on any atom is -0.550 e. The quantitative estimate of drug-likeness (QED) is 0.728. The summed E-state index contributed by atoms with van der Waals surface area (Å²) in [4.78, 5) is 25.6. The first-order valence-electron chi connectivity index (χ1n) is 9.51. The topological polar surface area (TPSA) is 69.2 Å². The van der Waals surface area contributed by atoms with Crippen LogP contribution in [0.3, 0.4) is 0 Å². The summed E-state index contributed by atoms with van der Waals surface area (Å²) < 4.78 is 0. The Labute approximate surface area is 173 Å². The maximum absolute atomic E-state index is 13.3. The maximum Gasteiger partial charge on any atom is 0.229 e. The van der Waals surface area contributed by atoms with Crippen LogP contribution in [0.4, 0.5) is 5.69 Å². The Hall–Kier alpha value is -3.11. The van der Waals surface area contributed by atoms with Gasteiger partial charge in [0.1, 0.15) is 0 Å². The second kappa shape index (κ2) is 6.75. The van der Waals surface area contributed by atoms with E-state index in [0.29, 0.717) is 10.7 Å². The number of carboxylic acids is 1. The number of carboxylic acid groups (broad SMARTS) is 1. The summed E-state index contributed by atoms with van der Waals surface area (Å²) in [6, 6.07) is 22.4. The van der Waals surface area contributed by atoms with Crippen LogP contribution in [0.1, 0.15) is 34.1 Å². The summed E-state index contributed by atoms with van der Waals surface area (Å²) in [6.07, 6.45) is 0. The van der Waals surface area contributed by atoms with Crippen molar-refractivity contribution in [3.63, 3.8) is 0 Å². The number of hydrogen-bond donors (Lipinski definition) is 1. The normalized spacial score (nSPS) is 23.8. The molecule has 0 fully saturated rings. The van der Waals surface area contributed by atoms with Crippen molar-refractivity contribution >= 4 is 29.2 Å². The largest absolute Gasteiger partial charge is 0.550 e. The van der Waals surface area contributed by atoms with Gasteiger partial charge in [-0.05, 0) is 46.5 Å². The molecule has 3 aliphatic rings. The molecule has 0 unspecified atom stereocenters. The lowest BCUT2D eigenvalue weighted by molar-refractivity contribution is -0.314. The second-order valence-corrected chi connectivity index (χ2v) is 8.02. The Morgan fingerprint density at radius 1 is 0.724 bits per heavy atom. The number of anilines is 1. The van der Waals surface area contributed by atoms with E-state index in [9.17, 15) is 14.7 Å². The van der Waals surface area contributed by atoms with E-state index in [2.05, 4.69) is 5.32 Å². The van der Waals surface area contributed by atoms with E-state index in [1.54, 1.807) is 24.3 Å². The monoisotopic (exact) mass is 402 g/mol. The molecule has 0 spiro atoms. The molecule has 29 heavy (non-hydrogen) atoms. The van der Waals surface area contributed by atoms with E-state index in [0.717, 1.165) is 22.3 Å². The van der Waals surface area contributed by atoms with Gasteiger partial charge >= 0.3 is 0 Å². The predicted octanol–water partition coefficient (Wildman–Crippen LogP) is 3.55. The molecule has 2 bridgehead atoms. The Morgan fingerprint density at radius 2 is 1.17 bits per heavy atom. The molecule has 4 nitrogen and oxygen atoms in total. The van der Waals surface area contributed by atoms with E-state index >= 15 is 0 Å². The number of halogens is 1. The van der Waals surface area contributed by atoms with Gasteiger partial charge in [-0.1, -0.05) is 60.1 Å². The van der Waals surface area contributed by atoms with Crippen LogP contribution < -0.4 is 10.4 Å². The van der Waals surface area contributed by atoms with Crippen LogP contribution in [0.25, 0.3) is 0 Å². The first-order valence-corrected chi connectivity index (χ1v) is 9.89. The number of hydrogen-bond acceptors (Lipinski definition) is 3. The number of rotatable bonds is 3. The van der Waals surface area contributed by atoms with E-state index in [1.807, 2.05) is 48.5 Å². The van der Waals surface area contributed by atoms with Gasteiger partial charge in [-0.25, -0.2) is 0 Å². The van der Waals surface area contributed by atoms with E-state index in [4.69, 9.17) is 11.6 Å². The standard InChI is InChI=1S/C24H18ClNO3/c25-13-9-11-14(12-10-13)26-23(27)21-19-15-5-1-3-7-17(15)20(22(21)24(28)29)18-8-4-2-6-16(18)19/h1-12,19-22H,(H,26,27)(H,28,29)/p-1/t19?,20?,21-,22-/m1/s1. The van der Waals surface area contributed by atoms with Crippen molar-refractivity contribution in [2.75, 3.05) is 5.32 Å². The van der Waals surface area contributed by atoms with Crippen molar-refractivity contribution in [1.82, 2.24) is 0 Å². The summed E-state index contributed by atoms with van der Waals surface area (Å²) in [6.45, 7) is 0. The third kappa shape index (κ3) is 2.75. The smallest absolute Gasteiger partial charge is 0.229 e. The number of carbonyl (C=O) groups is 2. The third-order valence-electron chi connectivity index (χ3n) is 6.12. The van der Waals surface area contributed by atoms with Gasteiger partial charge in [-0.3, -0.25) is 4.79 Å². The zero-order valence-electron chi connectivity index (χ0n) is 15.3. The van der Waals surface area contributed by atoms with Crippen LogP contribution in [0.2, 0.25) is 5.02 Å². The zero-order chi connectivity index (χ0) is 20.1. The van der Waals surface area contributed by atoms with E-state index in [-0.39, 0.29) is 11.8 Å². The van der Waals surface area contributed by atoms with Gasteiger partial charge in [0.05, 0.1) is 5.92 Å². The summed E-state index contributed by atoms with van der Waals surface area (Å²) in [7, 11) is 0. The highest BCUT2D eigenvalue weighted by Crippen LogP contribution is 2.58. The van der Waals surface area contributed by atoms with Gasteiger partial charge in [0.15, 0.2) is 0 Å². The predicted molar refractivity (Wildman–Crippen MR) is 109 cm³/mol. The Morgan fingerprint density at radius 3 is 1.62 bits per heavy atom. The minimum absolute atomic E-state index is 0.319. The molecule has 0 heterocycles. The zero-order valence-corrected chi connectivity index (χ0v) is 16.1. The van der Waals surface area contributed by atoms with Gasteiger partial charge in [0.2, 0.25) is 5.91 Å². The lowest BCUT2D eigenvalue weighted by Gasteiger charge is -2.50. The summed E-state index contributed by atoms with van der Waals surface area (Å²) >= 11 is 5.93. The molecule has 0 radical (unpaired) electrons. The molecule has 5 heteroatoms. The Kier molecular flexibility index (Phi) is 4.18. The molecule has 1 N–H and O–H groups in total. The highest BCUT2D eigenvalue weighted by Gasteiger charge is 2.52. The van der Waals surface area contributed by atoms with Crippen LogP contribution >= 0.6 is 11.6 Å². The lowest BCUT2D eigenvalue weighted by Crippen LogP contribution is -2.52. The van der Waals surface area contributed by atoms with Gasteiger partial charge in [0, 0.05) is 34.4 Å². The van der Waals surface area contributed by atoms with Crippen LogP contribution in [-0.2, 0) is 9.59 Å². The molecule has 3 aliphatic carbocycles. The van der Waals surface area contributed by atoms with Crippen molar-refractivity contribution in [3.8, 4) is 0 Å². The van der Waals surface area contributed by atoms with Crippen LogP contribution in [0, 0.1) is 11.8 Å². The Balaban J connectivity index is 1.64. The summed E-state index contributed by atoms with van der Waals surface area (Å²) in [5.41, 5.74) is 4.57. The number of nitrogens with one attached hydrogen (secondary N) is 1. The molecular formula is C24H17ClNO3-. The fourth-order valence-electron chi connectivity index (χ4n) is 5.03. The summed E-state index contributed by atoms with van der Waals surface area (Å²) in [5, 5.41) is 15.7. The first-order chi connectivity index (χ1) is 14.1. The molecular weight excluding hydrogens is 386 g/mol. The average Bonchev–Trinajstić information content (AvgIpc) is 2.74. The number of carbonyl (C=O) groups excluding carboxylic acids is 2. The molecule has 0 aromatic heterocycles. The van der Waals surface area contributed by atoms with Gasteiger partial charge in [0.25, 0.3) is 0 Å². The summed E-state index contributed by atoms with van der Waals surface area (Å²) in [5.74, 6) is -3.94. The van der Waals surface area contributed by atoms with Crippen molar-refractivity contribution in [3.05, 3.63) is 100 Å². The molecule has 3 aromatic rings. The van der Waals surface area contributed by atoms with E-state index in [1.165, 1.54) is 0 Å². The number of benzene rings is 3. The number of amides is 1. The SMILES string of the molecule is O=C([O-])[C@@H]1C2c3ccccc3C(c3ccccc32)[C@H]1C(=O)Nc1ccc(Cl)cc1. The van der Waals surface area contributed by atoms with Crippen LogP contribution in [0.15, 0.2) is 72.8 Å². The molecule has 144 valence electrons. The lowest BCUT2D eigenvalue weighted by atomic mass is 9.54. The highest BCUT2D eigenvalue weighted by molar-refractivity contribution is 6.30. The third-order valence-corrected chi connectivity index (χ3v) is 6.38. The minimum atomic E-state index is -1.19. The Bertz CT molecular complexity index is 1080. The number of aliphatic carboxylic acids is 1. The molecule has 0 saturated heterocycles.